The van der Waals surface area contributed by atoms with Gasteiger partial charge < -0.3 is 14.6 Å². The zero-order valence-electron chi connectivity index (χ0n) is 12.0. The van der Waals surface area contributed by atoms with Gasteiger partial charge in [0.1, 0.15) is 0 Å². The summed E-state index contributed by atoms with van der Waals surface area (Å²) in [5.41, 5.74) is 1.20. The maximum Gasteiger partial charge on any atom is 0.313 e. The summed E-state index contributed by atoms with van der Waals surface area (Å²) in [5.74, 6) is -0.778. The number of hydrogen-bond donors (Lipinski definition) is 1. The molecule has 21 heavy (non-hydrogen) atoms. The Balaban J connectivity index is 1.81. The first-order valence-corrected chi connectivity index (χ1v) is 7.77. The van der Waals surface area contributed by atoms with Crippen molar-refractivity contribution >= 4 is 23.4 Å². The highest BCUT2D eigenvalue weighted by Gasteiger charge is 2.07. The number of imidazole rings is 1. The molecule has 0 atom stereocenters. The van der Waals surface area contributed by atoms with Crippen LogP contribution in [0.1, 0.15) is 6.42 Å². The Morgan fingerprint density at radius 3 is 2.86 bits per heavy atom. The smallest absolute Gasteiger partial charge is 0.313 e. The van der Waals surface area contributed by atoms with Crippen LogP contribution in [-0.2, 0) is 11.3 Å². The second-order valence-electron chi connectivity index (χ2n) is 4.70. The Bertz CT molecular complexity index is 571. The molecule has 0 amide bonds. The van der Waals surface area contributed by atoms with Crippen LogP contribution in [0, 0.1) is 0 Å². The van der Waals surface area contributed by atoms with E-state index in [0.717, 1.165) is 24.7 Å². The Kier molecular flexibility index (Phi) is 5.68. The van der Waals surface area contributed by atoms with E-state index in [1.807, 2.05) is 29.0 Å². The molecule has 2 aromatic rings. The number of aromatic nitrogens is 2. The van der Waals surface area contributed by atoms with E-state index < -0.39 is 5.97 Å². The van der Waals surface area contributed by atoms with Crippen LogP contribution in [0.4, 0.5) is 5.69 Å². The summed E-state index contributed by atoms with van der Waals surface area (Å²) in [6, 6.07) is 10.2. The third-order valence-electron chi connectivity index (χ3n) is 3.09. The number of aryl methyl sites for hydroxylation is 1. The fourth-order valence-corrected chi connectivity index (χ4v) is 2.73. The molecule has 0 saturated carbocycles. The predicted molar refractivity (Wildman–Crippen MR) is 84.9 cm³/mol. The SMILES string of the molecule is CN(CCCn1ccnc1SCC(=O)O)c1ccccc1. The molecule has 1 N–H and O–H groups in total. The number of anilines is 1. The number of thioether (sulfide) groups is 1. The van der Waals surface area contributed by atoms with Crippen LogP contribution in [0.3, 0.4) is 0 Å². The number of carboxylic acids is 1. The minimum absolute atomic E-state index is 0.0426. The van der Waals surface area contributed by atoms with Gasteiger partial charge in [-0.1, -0.05) is 30.0 Å². The Labute approximate surface area is 128 Å². The van der Waals surface area contributed by atoms with Gasteiger partial charge in [0.25, 0.3) is 0 Å². The van der Waals surface area contributed by atoms with Crippen LogP contribution >= 0.6 is 11.8 Å². The molecule has 5 nitrogen and oxygen atoms in total. The second kappa shape index (κ2) is 7.73. The summed E-state index contributed by atoms with van der Waals surface area (Å²) in [6.45, 7) is 1.77. The lowest BCUT2D eigenvalue weighted by molar-refractivity contribution is -0.133. The summed E-state index contributed by atoms with van der Waals surface area (Å²) >= 11 is 1.26. The molecule has 0 spiro atoms. The lowest BCUT2D eigenvalue weighted by Crippen LogP contribution is -2.19. The summed E-state index contributed by atoms with van der Waals surface area (Å²) in [4.78, 5) is 17.0. The lowest BCUT2D eigenvalue weighted by atomic mass is 10.3. The van der Waals surface area contributed by atoms with Gasteiger partial charge in [-0.3, -0.25) is 4.79 Å². The van der Waals surface area contributed by atoms with Crippen molar-refractivity contribution < 1.29 is 9.90 Å². The average molecular weight is 305 g/mol. The lowest BCUT2D eigenvalue weighted by Gasteiger charge is -2.19. The number of aliphatic carboxylic acids is 1. The molecule has 0 aliphatic heterocycles. The number of hydrogen-bond acceptors (Lipinski definition) is 4. The summed E-state index contributed by atoms with van der Waals surface area (Å²) < 4.78 is 2.01. The van der Waals surface area contributed by atoms with Gasteiger partial charge in [0, 0.05) is 38.2 Å². The molecule has 0 saturated heterocycles. The van der Waals surface area contributed by atoms with Crippen LogP contribution in [0.5, 0.6) is 0 Å². The number of para-hydroxylation sites is 1. The van der Waals surface area contributed by atoms with Gasteiger partial charge in [-0.05, 0) is 18.6 Å². The highest BCUT2D eigenvalue weighted by molar-refractivity contribution is 7.99. The number of rotatable bonds is 8. The van der Waals surface area contributed by atoms with Crippen molar-refractivity contribution in [3.8, 4) is 0 Å². The molecule has 112 valence electrons. The topological polar surface area (TPSA) is 58.4 Å². The van der Waals surface area contributed by atoms with Gasteiger partial charge in [0.15, 0.2) is 5.16 Å². The van der Waals surface area contributed by atoms with Crippen molar-refractivity contribution in [3.63, 3.8) is 0 Å². The van der Waals surface area contributed by atoms with Crippen molar-refractivity contribution in [2.45, 2.75) is 18.1 Å². The second-order valence-corrected chi connectivity index (χ2v) is 5.64. The number of benzene rings is 1. The Hall–Kier alpha value is -1.95. The molecular formula is C15H19N3O2S. The first-order chi connectivity index (χ1) is 10.2. The zero-order valence-corrected chi connectivity index (χ0v) is 12.8. The standard InChI is InChI=1S/C15H19N3O2S/c1-17(13-6-3-2-4-7-13)9-5-10-18-11-8-16-15(18)21-12-14(19)20/h2-4,6-8,11H,5,9-10,12H2,1H3,(H,19,20). The van der Waals surface area contributed by atoms with Gasteiger partial charge in [0.05, 0.1) is 5.75 Å². The third kappa shape index (κ3) is 4.82. The monoisotopic (exact) mass is 305 g/mol. The van der Waals surface area contributed by atoms with Crippen molar-refractivity contribution in [1.29, 1.82) is 0 Å². The van der Waals surface area contributed by atoms with E-state index in [0.29, 0.717) is 0 Å². The van der Waals surface area contributed by atoms with Crippen LogP contribution in [0.25, 0.3) is 0 Å². The fraction of sp³-hybridized carbons (Fsp3) is 0.333. The maximum atomic E-state index is 10.6. The van der Waals surface area contributed by atoms with Gasteiger partial charge >= 0.3 is 5.97 Å². The maximum absolute atomic E-state index is 10.6. The number of carbonyl (C=O) groups is 1. The molecule has 0 aliphatic rings. The Morgan fingerprint density at radius 1 is 1.38 bits per heavy atom. The van der Waals surface area contributed by atoms with E-state index in [1.165, 1.54) is 17.4 Å². The molecular weight excluding hydrogens is 286 g/mol. The normalized spacial score (nSPS) is 10.5. The van der Waals surface area contributed by atoms with Crippen LogP contribution in [0.15, 0.2) is 47.9 Å². The van der Waals surface area contributed by atoms with E-state index in [2.05, 4.69) is 29.1 Å². The predicted octanol–water partition coefficient (Wildman–Crippen LogP) is 2.59. The molecule has 2 rings (SSSR count). The fourth-order valence-electron chi connectivity index (χ4n) is 2.02. The largest absolute Gasteiger partial charge is 0.481 e. The highest BCUT2D eigenvalue weighted by atomic mass is 32.2. The molecule has 1 aromatic carbocycles. The van der Waals surface area contributed by atoms with Crippen LogP contribution < -0.4 is 4.90 Å². The molecule has 6 heteroatoms. The number of nitrogens with zero attached hydrogens (tertiary/aromatic N) is 3. The summed E-state index contributed by atoms with van der Waals surface area (Å²) in [6.07, 6.45) is 4.58. The molecule has 0 aliphatic carbocycles. The zero-order chi connectivity index (χ0) is 15.1. The van der Waals surface area contributed by atoms with Crippen molar-refractivity contribution in [2.24, 2.45) is 0 Å². The molecule has 0 bridgehead atoms. The molecule has 0 fully saturated rings. The van der Waals surface area contributed by atoms with Gasteiger partial charge in [-0.2, -0.15) is 0 Å². The van der Waals surface area contributed by atoms with Crippen molar-refractivity contribution in [3.05, 3.63) is 42.7 Å². The number of carboxylic acid groups (broad SMARTS) is 1. The molecule has 0 unspecified atom stereocenters. The van der Waals surface area contributed by atoms with Crippen molar-refractivity contribution in [1.82, 2.24) is 9.55 Å². The summed E-state index contributed by atoms with van der Waals surface area (Å²) in [7, 11) is 2.07. The first kappa shape index (κ1) is 15.4. The van der Waals surface area contributed by atoms with Gasteiger partial charge in [0.2, 0.25) is 0 Å². The molecule has 1 aromatic heterocycles. The summed E-state index contributed by atoms with van der Waals surface area (Å²) in [5, 5.41) is 9.48. The highest BCUT2D eigenvalue weighted by Crippen LogP contribution is 2.16. The van der Waals surface area contributed by atoms with E-state index >= 15 is 0 Å². The minimum atomic E-state index is -0.821. The van der Waals surface area contributed by atoms with Crippen LogP contribution in [-0.4, -0.2) is 40.0 Å². The van der Waals surface area contributed by atoms with Crippen LogP contribution in [0.2, 0.25) is 0 Å². The van der Waals surface area contributed by atoms with E-state index in [1.54, 1.807) is 6.20 Å². The third-order valence-corrected chi connectivity index (χ3v) is 4.08. The molecule has 1 heterocycles. The molecule has 0 radical (unpaired) electrons. The van der Waals surface area contributed by atoms with Crippen molar-refractivity contribution in [2.75, 3.05) is 24.2 Å². The minimum Gasteiger partial charge on any atom is -0.481 e. The van der Waals surface area contributed by atoms with E-state index in [-0.39, 0.29) is 5.75 Å². The first-order valence-electron chi connectivity index (χ1n) is 6.78. The van der Waals surface area contributed by atoms with Gasteiger partial charge in [-0.25, -0.2) is 4.98 Å². The van der Waals surface area contributed by atoms with E-state index in [9.17, 15) is 4.79 Å². The Morgan fingerprint density at radius 2 is 2.14 bits per heavy atom. The average Bonchev–Trinajstić information content (AvgIpc) is 2.93. The van der Waals surface area contributed by atoms with Gasteiger partial charge in [-0.15, -0.1) is 0 Å². The quantitative estimate of drug-likeness (QED) is 0.760. The van der Waals surface area contributed by atoms with E-state index in [4.69, 9.17) is 5.11 Å².